The number of ketones is 2. The minimum Gasteiger partial charge on any atom is -0.469 e. The third kappa shape index (κ3) is 13.2. The molecule has 296 valence electrons. The standard InChI is InChI=1S/C17H23NO5.C10H17NO5.C8H12N2O4/c1-22-17(21)14(11-19)9-16(20)15-12-23-8-7-18(15)10-13-5-3-2-4-6-13;1-15-10(14)7(5-12)4-9(13)8-6-16-3-2-11-8;11-3-5-8(13)10-1-2-14-4-6(10)7(12)9-5/h2-6,14-15,19H,7-12H2,1H3;7-8,11-12H,2-6H2,1H3;5-6,11H,1-4H2,(H,9,12)/t14-,15-;7-,8-;5-,6-/m111/s1. The summed E-state index contributed by atoms with van der Waals surface area (Å²) in [6, 6.07) is 7.83. The first-order valence-corrected chi connectivity index (χ1v) is 17.5. The van der Waals surface area contributed by atoms with Crippen LogP contribution in [-0.2, 0) is 59.0 Å². The summed E-state index contributed by atoms with van der Waals surface area (Å²) in [5, 5.41) is 32.6. The van der Waals surface area contributed by atoms with Crippen molar-refractivity contribution in [1.82, 2.24) is 20.4 Å². The van der Waals surface area contributed by atoms with Gasteiger partial charge in [-0.3, -0.25) is 33.7 Å². The minimum absolute atomic E-state index is 0.0236. The monoisotopic (exact) mass is 752 g/mol. The lowest BCUT2D eigenvalue weighted by Gasteiger charge is -2.40. The highest BCUT2D eigenvalue weighted by molar-refractivity contribution is 5.97. The molecule has 4 aliphatic rings. The average Bonchev–Trinajstić information content (AvgIpc) is 3.21. The van der Waals surface area contributed by atoms with E-state index in [4.69, 9.17) is 24.4 Å². The molecular formula is C35H52N4O14. The number of aliphatic hydroxyl groups is 3. The summed E-state index contributed by atoms with van der Waals surface area (Å²) in [7, 11) is 2.48. The van der Waals surface area contributed by atoms with Gasteiger partial charge < -0.3 is 54.5 Å². The number of benzene rings is 1. The van der Waals surface area contributed by atoms with Gasteiger partial charge in [-0.05, 0) is 5.56 Å². The van der Waals surface area contributed by atoms with Crippen LogP contribution in [0.2, 0.25) is 0 Å². The smallest absolute Gasteiger partial charge is 0.311 e. The topological polar surface area (TPSA) is 240 Å². The van der Waals surface area contributed by atoms with Gasteiger partial charge in [-0.25, -0.2) is 0 Å². The number of carbonyl (C=O) groups is 6. The first kappa shape index (κ1) is 43.5. The van der Waals surface area contributed by atoms with E-state index in [2.05, 4.69) is 25.0 Å². The van der Waals surface area contributed by atoms with E-state index < -0.39 is 48.5 Å². The number of morpholine rings is 3. The van der Waals surface area contributed by atoms with Crippen molar-refractivity contribution in [3.05, 3.63) is 35.9 Å². The number of piperazine rings is 1. The maximum Gasteiger partial charge on any atom is 0.311 e. The Morgan fingerprint density at radius 1 is 0.830 bits per heavy atom. The highest BCUT2D eigenvalue weighted by atomic mass is 16.5. The van der Waals surface area contributed by atoms with E-state index in [1.807, 2.05) is 30.3 Å². The van der Waals surface area contributed by atoms with Crippen molar-refractivity contribution >= 4 is 35.3 Å². The molecule has 5 rings (SSSR count). The van der Waals surface area contributed by atoms with Gasteiger partial charge in [0.2, 0.25) is 11.8 Å². The fraction of sp³-hybridized carbons (Fsp3) is 0.657. The van der Waals surface area contributed by atoms with E-state index in [1.54, 1.807) is 0 Å². The van der Waals surface area contributed by atoms with Gasteiger partial charge in [0.15, 0.2) is 11.6 Å². The van der Waals surface area contributed by atoms with Crippen LogP contribution < -0.4 is 10.6 Å². The summed E-state index contributed by atoms with van der Waals surface area (Å²) in [6.07, 6.45) is -0.0628. The lowest BCUT2D eigenvalue weighted by Crippen LogP contribution is -2.67. The summed E-state index contributed by atoms with van der Waals surface area (Å²) in [4.78, 5) is 73.6. The van der Waals surface area contributed by atoms with Crippen molar-refractivity contribution < 1.29 is 67.8 Å². The van der Waals surface area contributed by atoms with Crippen molar-refractivity contribution in [2.75, 3.05) is 93.3 Å². The summed E-state index contributed by atoms with van der Waals surface area (Å²) < 4.78 is 24.8. The number of amides is 2. The molecule has 4 aliphatic heterocycles. The normalized spacial score (nSPS) is 24.1. The Morgan fingerprint density at radius 3 is 2.02 bits per heavy atom. The Balaban J connectivity index is 0.000000222. The van der Waals surface area contributed by atoms with Crippen LogP contribution >= 0.6 is 0 Å². The zero-order chi connectivity index (χ0) is 38.8. The first-order chi connectivity index (χ1) is 25.6. The number of carbonyl (C=O) groups excluding carboxylic acids is 6. The molecule has 0 radical (unpaired) electrons. The van der Waals surface area contributed by atoms with Crippen molar-refractivity contribution in [1.29, 1.82) is 0 Å². The van der Waals surface area contributed by atoms with E-state index in [9.17, 15) is 33.9 Å². The summed E-state index contributed by atoms with van der Waals surface area (Å²) >= 11 is 0. The van der Waals surface area contributed by atoms with E-state index in [-0.39, 0.29) is 62.1 Å². The second-order valence-electron chi connectivity index (χ2n) is 12.6. The van der Waals surface area contributed by atoms with Gasteiger partial charge in [-0.1, -0.05) is 30.3 Å². The van der Waals surface area contributed by atoms with Crippen LogP contribution in [0.1, 0.15) is 18.4 Å². The third-order valence-corrected chi connectivity index (χ3v) is 9.07. The summed E-state index contributed by atoms with van der Waals surface area (Å²) in [5.41, 5.74) is 1.12. The van der Waals surface area contributed by atoms with E-state index in [1.165, 1.54) is 19.1 Å². The number of aliphatic hydroxyl groups excluding tert-OH is 3. The molecule has 0 unspecified atom stereocenters. The van der Waals surface area contributed by atoms with Crippen LogP contribution in [0.25, 0.3) is 0 Å². The van der Waals surface area contributed by atoms with Crippen molar-refractivity contribution in [3.8, 4) is 0 Å². The lowest BCUT2D eigenvalue weighted by atomic mass is 9.97. The van der Waals surface area contributed by atoms with E-state index in [0.29, 0.717) is 59.2 Å². The second-order valence-corrected chi connectivity index (χ2v) is 12.6. The molecule has 2 amide bonds. The van der Waals surface area contributed by atoms with Gasteiger partial charge in [0.25, 0.3) is 0 Å². The largest absolute Gasteiger partial charge is 0.469 e. The molecule has 6 atom stereocenters. The molecule has 18 nitrogen and oxygen atoms in total. The fourth-order valence-corrected chi connectivity index (χ4v) is 5.99. The van der Waals surface area contributed by atoms with Crippen LogP contribution in [0.5, 0.6) is 0 Å². The average molecular weight is 753 g/mol. The maximum atomic E-state index is 12.5. The van der Waals surface area contributed by atoms with Crippen molar-refractivity contribution in [3.63, 3.8) is 0 Å². The molecule has 0 saturated carbocycles. The Bertz CT molecular complexity index is 1350. The van der Waals surface area contributed by atoms with Gasteiger partial charge in [-0.15, -0.1) is 0 Å². The van der Waals surface area contributed by atoms with Gasteiger partial charge in [-0.2, -0.15) is 0 Å². The third-order valence-electron chi connectivity index (χ3n) is 9.07. The van der Waals surface area contributed by atoms with Gasteiger partial charge >= 0.3 is 11.9 Å². The van der Waals surface area contributed by atoms with Crippen LogP contribution in [0.3, 0.4) is 0 Å². The highest BCUT2D eigenvalue weighted by Gasteiger charge is 2.41. The second kappa shape index (κ2) is 23.0. The maximum absolute atomic E-state index is 12.5. The number of ether oxygens (including phenoxy) is 5. The highest BCUT2D eigenvalue weighted by Crippen LogP contribution is 2.18. The number of nitrogens with one attached hydrogen (secondary N) is 2. The Hall–Kier alpha value is -3.88. The van der Waals surface area contributed by atoms with E-state index in [0.717, 1.165) is 5.56 Å². The molecule has 5 N–H and O–H groups in total. The first-order valence-electron chi connectivity index (χ1n) is 17.5. The molecule has 4 heterocycles. The predicted molar refractivity (Wildman–Crippen MR) is 184 cm³/mol. The summed E-state index contributed by atoms with van der Waals surface area (Å²) in [6.45, 7) is 3.72. The van der Waals surface area contributed by atoms with Gasteiger partial charge in [0.05, 0.1) is 97.6 Å². The molecule has 0 aliphatic carbocycles. The molecule has 0 spiro atoms. The quantitative estimate of drug-likeness (QED) is 0.127. The molecule has 1 aromatic carbocycles. The summed E-state index contributed by atoms with van der Waals surface area (Å²) in [5.74, 6) is -3.42. The zero-order valence-electron chi connectivity index (χ0n) is 30.2. The number of nitrogens with zero attached hydrogens (tertiary/aromatic N) is 2. The fourth-order valence-electron chi connectivity index (χ4n) is 5.99. The molecule has 18 heteroatoms. The Labute approximate surface area is 308 Å². The van der Waals surface area contributed by atoms with E-state index >= 15 is 0 Å². The number of rotatable bonds is 13. The predicted octanol–water partition coefficient (Wildman–Crippen LogP) is -2.95. The van der Waals surface area contributed by atoms with Crippen molar-refractivity contribution in [2.45, 2.75) is 43.6 Å². The molecule has 0 bridgehead atoms. The SMILES string of the molecule is COC(=O)[C@@H](CO)CC(=O)[C@H]1COCCN1.COC(=O)[C@@H](CO)CC(=O)[C@H]1COCCN1Cc1ccccc1.O=C1N[C@H](CO)C(=O)N2CCOC[C@H]12. The van der Waals surface area contributed by atoms with Crippen LogP contribution in [0.15, 0.2) is 30.3 Å². The van der Waals surface area contributed by atoms with Crippen molar-refractivity contribution in [2.24, 2.45) is 11.8 Å². The molecular weight excluding hydrogens is 700 g/mol. The molecule has 1 aromatic rings. The molecule has 4 saturated heterocycles. The molecule has 4 fully saturated rings. The number of hydrogen-bond acceptors (Lipinski definition) is 16. The number of esters is 2. The van der Waals surface area contributed by atoms with Crippen LogP contribution in [-0.4, -0.2) is 178 Å². The molecule has 0 aromatic heterocycles. The number of hydrogen-bond donors (Lipinski definition) is 5. The number of Topliss-reactive ketones (excluding diaryl/α,β-unsaturated/α-hetero) is 2. The van der Waals surface area contributed by atoms with Gasteiger partial charge in [0.1, 0.15) is 12.1 Å². The lowest BCUT2D eigenvalue weighted by molar-refractivity contribution is -0.158. The van der Waals surface area contributed by atoms with Crippen LogP contribution in [0, 0.1) is 11.8 Å². The van der Waals surface area contributed by atoms with Gasteiger partial charge in [0, 0.05) is 39.0 Å². The Morgan fingerprint density at radius 2 is 1.43 bits per heavy atom. The minimum atomic E-state index is -0.812. The zero-order valence-corrected chi connectivity index (χ0v) is 30.2. The Kier molecular flexibility index (Phi) is 18.9. The molecule has 53 heavy (non-hydrogen) atoms. The number of fused-ring (bicyclic) bond motifs is 1. The number of methoxy groups -OCH3 is 2. The van der Waals surface area contributed by atoms with Crippen LogP contribution in [0.4, 0.5) is 0 Å².